The van der Waals surface area contributed by atoms with Crippen LogP contribution in [0.3, 0.4) is 0 Å². The standard InChI is InChI=1S/C12H12Cl2N2S/c1-16(8-10-2-3-11(14)17-10)12-6-9(7-13)4-5-15-12/h2-6H,7-8H2,1H3. The minimum Gasteiger partial charge on any atom is -0.355 e. The molecule has 2 rings (SSSR count). The van der Waals surface area contributed by atoms with Crippen molar-refractivity contribution in [1.82, 2.24) is 4.98 Å². The van der Waals surface area contributed by atoms with Crippen LogP contribution in [-0.2, 0) is 12.4 Å². The Labute approximate surface area is 115 Å². The fourth-order valence-electron chi connectivity index (χ4n) is 1.50. The Bertz CT molecular complexity index is 499. The Balaban J connectivity index is 2.11. The number of anilines is 1. The molecule has 0 amide bonds. The maximum atomic E-state index is 5.90. The second-order valence-electron chi connectivity index (χ2n) is 3.72. The molecule has 0 fully saturated rings. The van der Waals surface area contributed by atoms with Crippen molar-refractivity contribution in [2.75, 3.05) is 11.9 Å². The van der Waals surface area contributed by atoms with Crippen LogP contribution in [0.1, 0.15) is 10.4 Å². The summed E-state index contributed by atoms with van der Waals surface area (Å²) in [5.74, 6) is 1.43. The van der Waals surface area contributed by atoms with Crippen LogP contribution in [0.25, 0.3) is 0 Å². The molecule has 17 heavy (non-hydrogen) atoms. The zero-order chi connectivity index (χ0) is 12.3. The number of hydrogen-bond donors (Lipinski definition) is 0. The van der Waals surface area contributed by atoms with Crippen molar-refractivity contribution in [3.05, 3.63) is 45.2 Å². The van der Waals surface area contributed by atoms with E-state index in [9.17, 15) is 0 Å². The monoisotopic (exact) mass is 286 g/mol. The molecule has 0 radical (unpaired) electrons. The topological polar surface area (TPSA) is 16.1 Å². The molecular formula is C12H12Cl2N2S. The third-order valence-corrected chi connectivity index (χ3v) is 3.90. The van der Waals surface area contributed by atoms with Crippen LogP contribution in [0.2, 0.25) is 4.34 Å². The second-order valence-corrected chi connectivity index (χ2v) is 5.78. The van der Waals surface area contributed by atoms with Crippen LogP contribution in [0, 0.1) is 0 Å². The van der Waals surface area contributed by atoms with E-state index in [4.69, 9.17) is 23.2 Å². The van der Waals surface area contributed by atoms with Gasteiger partial charge >= 0.3 is 0 Å². The molecule has 0 atom stereocenters. The minimum absolute atomic E-state index is 0.508. The van der Waals surface area contributed by atoms with Gasteiger partial charge in [-0.25, -0.2) is 4.98 Å². The van der Waals surface area contributed by atoms with Crippen molar-refractivity contribution >= 4 is 40.4 Å². The highest BCUT2D eigenvalue weighted by Crippen LogP contribution is 2.24. The summed E-state index contributed by atoms with van der Waals surface area (Å²) in [6.45, 7) is 0.802. The van der Waals surface area contributed by atoms with Crippen LogP contribution < -0.4 is 4.90 Å². The zero-order valence-corrected chi connectivity index (χ0v) is 11.7. The van der Waals surface area contributed by atoms with Crippen LogP contribution in [0.5, 0.6) is 0 Å². The summed E-state index contributed by atoms with van der Waals surface area (Å²) in [6, 6.07) is 7.88. The molecule has 2 nitrogen and oxygen atoms in total. The van der Waals surface area contributed by atoms with Crippen molar-refractivity contribution in [2.45, 2.75) is 12.4 Å². The average molecular weight is 287 g/mol. The Kier molecular flexibility index (Phi) is 4.26. The summed E-state index contributed by atoms with van der Waals surface area (Å²) in [7, 11) is 2.01. The fraction of sp³-hybridized carbons (Fsp3) is 0.250. The Morgan fingerprint density at radius 3 is 2.82 bits per heavy atom. The van der Waals surface area contributed by atoms with E-state index in [-0.39, 0.29) is 0 Å². The molecule has 2 heterocycles. The average Bonchev–Trinajstić information content (AvgIpc) is 2.75. The third-order valence-electron chi connectivity index (χ3n) is 2.38. The van der Waals surface area contributed by atoms with Crippen LogP contribution >= 0.6 is 34.5 Å². The molecule has 0 unspecified atom stereocenters. The number of thiophene rings is 1. The Morgan fingerprint density at radius 1 is 1.35 bits per heavy atom. The quantitative estimate of drug-likeness (QED) is 0.784. The highest BCUT2D eigenvalue weighted by Gasteiger charge is 2.06. The van der Waals surface area contributed by atoms with E-state index in [1.165, 1.54) is 4.88 Å². The summed E-state index contributed by atoms with van der Waals surface area (Å²) in [5.41, 5.74) is 1.08. The van der Waals surface area contributed by atoms with Crippen molar-refractivity contribution in [2.24, 2.45) is 0 Å². The minimum atomic E-state index is 0.508. The Hall–Kier alpha value is -0.770. The van der Waals surface area contributed by atoms with Crippen LogP contribution in [-0.4, -0.2) is 12.0 Å². The van der Waals surface area contributed by atoms with E-state index in [1.54, 1.807) is 17.5 Å². The molecule has 2 aromatic heterocycles. The number of rotatable bonds is 4. The van der Waals surface area contributed by atoms with Crippen LogP contribution in [0.4, 0.5) is 5.82 Å². The predicted molar refractivity (Wildman–Crippen MR) is 75.2 cm³/mol. The lowest BCUT2D eigenvalue weighted by Gasteiger charge is -2.17. The van der Waals surface area contributed by atoms with E-state index < -0.39 is 0 Å². The van der Waals surface area contributed by atoms with Crippen molar-refractivity contribution < 1.29 is 0 Å². The molecule has 0 aliphatic carbocycles. The molecule has 0 aromatic carbocycles. The Morgan fingerprint density at radius 2 is 2.18 bits per heavy atom. The smallest absolute Gasteiger partial charge is 0.128 e. The molecule has 0 saturated heterocycles. The summed E-state index contributed by atoms with van der Waals surface area (Å²) in [4.78, 5) is 7.63. The van der Waals surface area contributed by atoms with Gasteiger partial charge in [-0.3, -0.25) is 0 Å². The lowest BCUT2D eigenvalue weighted by atomic mass is 10.3. The number of hydrogen-bond acceptors (Lipinski definition) is 3. The molecule has 0 N–H and O–H groups in total. The fourth-order valence-corrected chi connectivity index (χ4v) is 2.81. The van der Waals surface area contributed by atoms with Gasteiger partial charge in [-0.05, 0) is 29.8 Å². The first-order valence-corrected chi connectivity index (χ1v) is 6.88. The summed E-state index contributed by atoms with van der Waals surface area (Å²) in [6.07, 6.45) is 1.78. The maximum Gasteiger partial charge on any atom is 0.128 e. The SMILES string of the molecule is CN(Cc1ccc(Cl)s1)c1cc(CCl)ccn1. The van der Waals surface area contributed by atoms with Gasteiger partial charge in [0.2, 0.25) is 0 Å². The van der Waals surface area contributed by atoms with Gasteiger partial charge in [0.05, 0.1) is 10.9 Å². The molecule has 0 spiro atoms. The van der Waals surface area contributed by atoms with Gasteiger partial charge in [0.1, 0.15) is 5.82 Å². The molecule has 0 saturated carbocycles. The number of nitrogens with zero attached hydrogens (tertiary/aromatic N) is 2. The summed E-state index contributed by atoms with van der Waals surface area (Å²) >= 11 is 13.3. The second kappa shape index (κ2) is 5.71. The van der Waals surface area contributed by atoms with Crippen molar-refractivity contribution in [3.63, 3.8) is 0 Å². The first-order chi connectivity index (χ1) is 8.19. The van der Waals surface area contributed by atoms with E-state index >= 15 is 0 Å². The van der Waals surface area contributed by atoms with E-state index in [2.05, 4.69) is 9.88 Å². The van der Waals surface area contributed by atoms with Crippen molar-refractivity contribution in [3.8, 4) is 0 Å². The summed E-state index contributed by atoms with van der Waals surface area (Å²) in [5, 5.41) is 0. The van der Waals surface area contributed by atoms with E-state index in [0.717, 1.165) is 22.3 Å². The van der Waals surface area contributed by atoms with Gasteiger partial charge in [-0.15, -0.1) is 22.9 Å². The number of pyridine rings is 1. The number of aromatic nitrogens is 1. The van der Waals surface area contributed by atoms with Gasteiger partial charge in [0.15, 0.2) is 0 Å². The largest absolute Gasteiger partial charge is 0.355 e. The lowest BCUT2D eigenvalue weighted by molar-refractivity contribution is 0.910. The molecular weight excluding hydrogens is 275 g/mol. The van der Waals surface area contributed by atoms with E-state index in [1.807, 2.05) is 31.3 Å². The molecule has 2 aromatic rings. The highest BCUT2D eigenvalue weighted by atomic mass is 35.5. The van der Waals surface area contributed by atoms with Gasteiger partial charge < -0.3 is 4.90 Å². The van der Waals surface area contributed by atoms with Gasteiger partial charge in [-0.1, -0.05) is 11.6 Å². The molecule has 5 heteroatoms. The number of alkyl halides is 1. The molecule has 0 aliphatic rings. The van der Waals surface area contributed by atoms with Gasteiger partial charge in [0, 0.05) is 24.0 Å². The third kappa shape index (κ3) is 3.35. The van der Waals surface area contributed by atoms with Gasteiger partial charge in [-0.2, -0.15) is 0 Å². The normalized spacial score (nSPS) is 10.5. The molecule has 0 bridgehead atoms. The first kappa shape index (κ1) is 12.7. The highest BCUT2D eigenvalue weighted by molar-refractivity contribution is 7.16. The predicted octanol–water partition coefficient (Wildman–Crippen LogP) is 4.17. The lowest BCUT2D eigenvalue weighted by Crippen LogP contribution is -2.16. The first-order valence-electron chi connectivity index (χ1n) is 5.15. The van der Waals surface area contributed by atoms with Crippen LogP contribution in [0.15, 0.2) is 30.5 Å². The molecule has 90 valence electrons. The molecule has 0 aliphatic heterocycles. The zero-order valence-electron chi connectivity index (χ0n) is 9.36. The van der Waals surface area contributed by atoms with Gasteiger partial charge in [0.25, 0.3) is 0 Å². The van der Waals surface area contributed by atoms with E-state index in [0.29, 0.717) is 5.88 Å². The summed E-state index contributed by atoms with van der Waals surface area (Å²) < 4.78 is 0.816. The van der Waals surface area contributed by atoms with Crippen molar-refractivity contribution in [1.29, 1.82) is 0 Å². The maximum absolute atomic E-state index is 5.90. The number of halogens is 2.